The summed E-state index contributed by atoms with van der Waals surface area (Å²) < 4.78 is 11.0. The van der Waals surface area contributed by atoms with E-state index in [0.717, 1.165) is 25.2 Å². The topological polar surface area (TPSA) is 71.7 Å². The predicted molar refractivity (Wildman–Crippen MR) is 93.3 cm³/mol. The molecule has 0 radical (unpaired) electrons. The van der Waals surface area contributed by atoms with Crippen LogP contribution < -0.4 is 0 Å². The minimum Gasteiger partial charge on any atom is -0.444 e. The molecule has 1 aliphatic carbocycles. The van der Waals surface area contributed by atoms with Gasteiger partial charge in [-0.15, -0.1) is 0 Å². The molecule has 1 aromatic heterocycles. The fraction of sp³-hybridized carbons (Fsp3) is 0.833. The molecule has 0 bridgehead atoms. The molecule has 0 aromatic carbocycles. The van der Waals surface area contributed by atoms with Crippen molar-refractivity contribution in [2.75, 3.05) is 13.1 Å². The Labute approximate surface area is 149 Å². The van der Waals surface area contributed by atoms with E-state index >= 15 is 0 Å². The van der Waals surface area contributed by atoms with Gasteiger partial charge in [-0.25, -0.2) is 4.79 Å². The van der Waals surface area contributed by atoms with Crippen molar-refractivity contribution in [2.24, 2.45) is 0 Å². The van der Waals surface area contributed by atoms with Crippen molar-refractivity contribution in [3.8, 4) is 0 Å². The maximum Gasteiger partial charge on any atom is 0.410 e. The SMILES string of the molecule is CC(c1nc(C2CC2)no1)N1C[C@H](C)N(C(=O)OC(C)(C)C)C[C@H]1C. The Morgan fingerprint density at radius 1 is 1.24 bits per heavy atom. The highest BCUT2D eigenvalue weighted by molar-refractivity contribution is 5.68. The van der Waals surface area contributed by atoms with E-state index < -0.39 is 5.60 Å². The molecule has 2 heterocycles. The van der Waals surface area contributed by atoms with Crippen LogP contribution in [0.5, 0.6) is 0 Å². The summed E-state index contributed by atoms with van der Waals surface area (Å²) in [5.41, 5.74) is -0.479. The molecule has 7 nitrogen and oxygen atoms in total. The number of carbonyl (C=O) groups excluding carboxylic acids is 1. The molecule has 25 heavy (non-hydrogen) atoms. The lowest BCUT2D eigenvalue weighted by Gasteiger charge is -2.45. The van der Waals surface area contributed by atoms with Gasteiger partial charge >= 0.3 is 6.09 Å². The normalized spacial score (nSPS) is 26.6. The summed E-state index contributed by atoms with van der Waals surface area (Å²) in [6, 6.07) is 0.299. The van der Waals surface area contributed by atoms with Crippen LogP contribution in [0, 0.1) is 0 Å². The number of hydrogen-bond donors (Lipinski definition) is 0. The van der Waals surface area contributed by atoms with Gasteiger partial charge < -0.3 is 14.2 Å². The Kier molecular flexibility index (Phi) is 4.79. The van der Waals surface area contributed by atoms with Crippen LogP contribution in [0.1, 0.15) is 78.1 Å². The largest absolute Gasteiger partial charge is 0.444 e. The summed E-state index contributed by atoms with van der Waals surface area (Å²) in [5, 5.41) is 4.12. The first-order chi connectivity index (χ1) is 11.7. The van der Waals surface area contributed by atoms with Crippen LogP contribution >= 0.6 is 0 Å². The average molecular weight is 350 g/mol. The summed E-state index contributed by atoms with van der Waals surface area (Å²) in [5.74, 6) is 2.01. The third kappa shape index (κ3) is 4.14. The van der Waals surface area contributed by atoms with Crippen LogP contribution in [0.25, 0.3) is 0 Å². The van der Waals surface area contributed by atoms with Gasteiger partial charge in [0, 0.05) is 31.1 Å². The smallest absolute Gasteiger partial charge is 0.410 e. The quantitative estimate of drug-likeness (QED) is 0.832. The summed E-state index contributed by atoms with van der Waals surface area (Å²) in [6.45, 7) is 13.3. The van der Waals surface area contributed by atoms with E-state index in [2.05, 4.69) is 35.8 Å². The fourth-order valence-corrected chi connectivity index (χ4v) is 3.33. The van der Waals surface area contributed by atoms with Gasteiger partial charge in [0.25, 0.3) is 0 Å². The molecule has 1 aromatic rings. The van der Waals surface area contributed by atoms with Gasteiger partial charge in [-0.05, 0) is 54.4 Å². The maximum absolute atomic E-state index is 12.4. The van der Waals surface area contributed by atoms with Crippen LogP contribution in [0.15, 0.2) is 4.52 Å². The van der Waals surface area contributed by atoms with E-state index in [9.17, 15) is 4.79 Å². The number of nitrogens with zero attached hydrogens (tertiary/aromatic N) is 4. The summed E-state index contributed by atoms with van der Waals surface area (Å²) in [4.78, 5) is 21.2. The first kappa shape index (κ1) is 18.2. The fourth-order valence-electron chi connectivity index (χ4n) is 3.33. The van der Waals surface area contributed by atoms with Gasteiger partial charge in [-0.3, -0.25) is 4.90 Å². The summed E-state index contributed by atoms with van der Waals surface area (Å²) >= 11 is 0. The third-order valence-electron chi connectivity index (χ3n) is 4.92. The molecule has 0 N–H and O–H groups in total. The van der Waals surface area contributed by atoms with Gasteiger partial charge in [0.05, 0.1) is 6.04 Å². The Balaban J connectivity index is 1.65. The van der Waals surface area contributed by atoms with E-state index in [1.54, 1.807) is 0 Å². The number of rotatable bonds is 3. The molecule has 0 spiro atoms. The highest BCUT2D eigenvalue weighted by Gasteiger charge is 2.38. The maximum atomic E-state index is 12.4. The predicted octanol–water partition coefficient (Wildman–Crippen LogP) is 3.34. The lowest BCUT2D eigenvalue weighted by molar-refractivity contribution is -0.0214. The minimum atomic E-state index is -0.479. The van der Waals surface area contributed by atoms with Gasteiger partial charge in [0.15, 0.2) is 5.82 Å². The first-order valence-electron chi connectivity index (χ1n) is 9.24. The van der Waals surface area contributed by atoms with Crippen molar-refractivity contribution >= 4 is 6.09 Å². The molecular weight excluding hydrogens is 320 g/mol. The van der Waals surface area contributed by atoms with Crippen molar-refractivity contribution < 1.29 is 14.1 Å². The van der Waals surface area contributed by atoms with E-state index in [0.29, 0.717) is 18.4 Å². The van der Waals surface area contributed by atoms with E-state index in [1.165, 1.54) is 0 Å². The molecule has 1 aliphatic heterocycles. The van der Waals surface area contributed by atoms with Crippen LogP contribution in [0.2, 0.25) is 0 Å². The molecular formula is C18H30N4O3. The number of piperazine rings is 1. The molecule has 1 amide bonds. The van der Waals surface area contributed by atoms with Crippen molar-refractivity contribution in [2.45, 2.75) is 84.0 Å². The Morgan fingerprint density at radius 3 is 2.52 bits per heavy atom. The van der Waals surface area contributed by atoms with Crippen molar-refractivity contribution in [1.82, 2.24) is 19.9 Å². The van der Waals surface area contributed by atoms with Crippen LogP contribution in [-0.2, 0) is 4.74 Å². The molecule has 2 aliphatic rings. The zero-order chi connectivity index (χ0) is 18.4. The molecule has 2 fully saturated rings. The molecule has 3 rings (SSSR count). The number of ether oxygens (including phenoxy) is 1. The Bertz CT molecular complexity index is 620. The van der Waals surface area contributed by atoms with Crippen molar-refractivity contribution in [1.29, 1.82) is 0 Å². The number of aromatic nitrogens is 2. The number of carbonyl (C=O) groups is 1. The van der Waals surface area contributed by atoms with Gasteiger partial charge in [0.1, 0.15) is 5.60 Å². The molecule has 7 heteroatoms. The molecule has 1 saturated carbocycles. The lowest BCUT2D eigenvalue weighted by atomic mass is 10.1. The average Bonchev–Trinajstić information content (AvgIpc) is 3.24. The molecule has 1 unspecified atom stereocenters. The minimum absolute atomic E-state index is 0.0400. The highest BCUT2D eigenvalue weighted by Crippen LogP contribution is 2.39. The van der Waals surface area contributed by atoms with Crippen molar-refractivity contribution in [3.05, 3.63) is 11.7 Å². The van der Waals surface area contributed by atoms with Crippen LogP contribution in [0.3, 0.4) is 0 Å². The second kappa shape index (κ2) is 6.59. The molecule has 1 saturated heterocycles. The Morgan fingerprint density at radius 2 is 1.92 bits per heavy atom. The molecule has 3 atom stereocenters. The molecule has 140 valence electrons. The van der Waals surface area contributed by atoms with E-state index in [4.69, 9.17) is 9.26 Å². The van der Waals surface area contributed by atoms with Gasteiger partial charge in [0.2, 0.25) is 5.89 Å². The summed E-state index contributed by atoms with van der Waals surface area (Å²) in [6.07, 6.45) is 2.08. The summed E-state index contributed by atoms with van der Waals surface area (Å²) in [7, 11) is 0. The number of amides is 1. The van der Waals surface area contributed by atoms with Gasteiger partial charge in [-0.1, -0.05) is 5.16 Å². The Hall–Kier alpha value is -1.63. The third-order valence-corrected chi connectivity index (χ3v) is 4.92. The monoisotopic (exact) mass is 350 g/mol. The van der Waals surface area contributed by atoms with E-state index in [-0.39, 0.29) is 24.2 Å². The second-order valence-corrected chi connectivity index (χ2v) is 8.47. The van der Waals surface area contributed by atoms with E-state index in [1.807, 2.05) is 25.7 Å². The standard InChI is InChI=1S/C18H30N4O3/c1-11-10-22(17(23)24-18(4,5)6)12(2)9-21(11)13(3)16-19-15(20-25-16)14-7-8-14/h11-14H,7-10H2,1-6H3/t11-,12+,13?/m1/s1. The zero-order valence-corrected chi connectivity index (χ0v) is 16.2. The van der Waals surface area contributed by atoms with Crippen LogP contribution in [-0.4, -0.2) is 56.8 Å². The number of hydrogen-bond acceptors (Lipinski definition) is 6. The second-order valence-electron chi connectivity index (χ2n) is 8.47. The lowest BCUT2D eigenvalue weighted by Crippen LogP contribution is -2.59. The zero-order valence-electron chi connectivity index (χ0n) is 16.2. The van der Waals surface area contributed by atoms with Crippen LogP contribution in [0.4, 0.5) is 4.79 Å². The first-order valence-corrected chi connectivity index (χ1v) is 9.24. The van der Waals surface area contributed by atoms with Crippen molar-refractivity contribution in [3.63, 3.8) is 0 Å². The van der Waals surface area contributed by atoms with Gasteiger partial charge in [-0.2, -0.15) is 4.98 Å². The highest BCUT2D eigenvalue weighted by atomic mass is 16.6.